The van der Waals surface area contributed by atoms with Crippen molar-refractivity contribution in [3.63, 3.8) is 0 Å². The zero-order chi connectivity index (χ0) is 76.9. The molecule has 0 atom stereocenters. The molecule has 0 aromatic heterocycles. The number of carbonyl (C=O) groups excluding carboxylic acids is 2. The predicted octanol–water partition coefficient (Wildman–Crippen LogP) is 10.9. The lowest BCUT2D eigenvalue weighted by atomic mass is 8.68. The van der Waals surface area contributed by atoms with E-state index in [2.05, 4.69) is 0 Å². The Morgan fingerprint density at radius 3 is 1.07 bits per heavy atom. The number of benzene rings is 6. The quantitative estimate of drug-likeness (QED) is 0.0470. The van der Waals surface area contributed by atoms with Gasteiger partial charge in [0.25, 0.3) is 29.1 Å². The summed E-state index contributed by atoms with van der Waals surface area (Å²) >= 11 is 0. The van der Waals surface area contributed by atoms with E-state index in [-0.39, 0.29) is 48.4 Å². The predicted molar refractivity (Wildman–Crippen MR) is 370 cm³/mol. The number of nitrogens with two attached hydrogens (primary N) is 2. The molecule has 4 N–H and O–H groups in total. The third-order valence-electron chi connectivity index (χ3n) is 12.1. The third kappa shape index (κ3) is 27.7. The second kappa shape index (κ2) is 36.5. The lowest BCUT2D eigenvalue weighted by Crippen LogP contribution is -2.60. The van der Waals surface area contributed by atoms with Gasteiger partial charge in [0.2, 0.25) is 5.54 Å². The van der Waals surface area contributed by atoms with Gasteiger partial charge >= 0.3 is 30.3 Å². The fourth-order valence-corrected chi connectivity index (χ4v) is 10.2. The van der Waals surface area contributed by atoms with E-state index in [4.69, 9.17) is 95.0 Å². The van der Waals surface area contributed by atoms with E-state index in [1.165, 1.54) is 140 Å². The number of alkyl halides is 9. The van der Waals surface area contributed by atoms with Crippen LogP contribution in [0.3, 0.4) is 0 Å². The van der Waals surface area contributed by atoms with Crippen molar-refractivity contribution in [1.29, 1.82) is 10.5 Å². The molecule has 0 spiro atoms. The van der Waals surface area contributed by atoms with Crippen LogP contribution < -0.4 is 34.3 Å². The third-order valence-corrected chi connectivity index (χ3v) is 18.5. The van der Waals surface area contributed by atoms with E-state index >= 15 is 0 Å². The molecule has 10 radical (unpaired) electrons. The van der Waals surface area contributed by atoms with Crippen molar-refractivity contribution in [3.05, 3.63) is 162 Å². The van der Waals surface area contributed by atoms with Crippen molar-refractivity contribution in [2.24, 2.45) is 5.73 Å². The lowest BCUT2D eigenvalue weighted by molar-refractivity contribution is -0.302. The summed E-state index contributed by atoms with van der Waals surface area (Å²) in [7, 11) is 19.3. The zero-order valence-corrected chi connectivity index (χ0v) is 59.4. The van der Waals surface area contributed by atoms with Crippen LogP contribution in [-0.4, -0.2) is 154 Å². The Balaban J connectivity index is 0.000000665. The van der Waals surface area contributed by atoms with Gasteiger partial charge in [-0.2, -0.15) is 58.6 Å². The van der Waals surface area contributed by atoms with Gasteiger partial charge in [0.05, 0.1) is 70.7 Å². The van der Waals surface area contributed by atoms with Gasteiger partial charge in [0.1, 0.15) is 28.5 Å². The number of hydrogen-bond donors (Lipinski definition) is 2. The highest BCUT2D eigenvalue weighted by molar-refractivity contribution is 8.13. The number of ether oxygens (including phenoxy) is 5. The summed E-state index contributed by atoms with van der Waals surface area (Å²) < 4.78 is 216. The molecule has 0 heterocycles. The summed E-state index contributed by atoms with van der Waals surface area (Å²) in [6.45, 7) is 13.1. The Morgan fingerprint density at radius 2 is 0.808 bits per heavy atom. The van der Waals surface area contributed by atoms with E-state index < -0.39 is 114 Å². The summed E-state index contributed by atoms with van der Waals surface area (Å²) in [6.07, 6.45) is -16.3. The smallest absolute Gasteiger partial charge is 0.429 e. The molecule has 0 aliphatic rings. The number of rotatable bonds is 13. The first-order valence-corrected chi connectivity index (χ1v) is 36.8. The van der Waals surface area contributed by atoms with Crippen LogP contribution in [-0.2, 0) is 44.1 Å². The number of sulfonamides is 2. The van der Waals surface area contributed by atoms with E-state index in [0.29, 0.717) is 22.2 Å². The molecule has 0 aliphatic heterocycles. The number of nitrogens with zero attached hydrogens (tertiary/aromatic N) is 4. The molecule has 0 fully saturated rings. The van der Waals surface area contributed by atoms with Crippen LogP contribution in [0.15, 0.2) is 160 Å². The van der Waals surface area contributed by atoms with Gasteiger partial charge in [-0.05, 0) is 168 Å². The van der Waals surface area contributed by atoms with Crippen molar-refractivity contribution in [2.75, 3.05) is 35.7 Å². The summed E-state index contributed by atoms with van der Waals surface area (Å²) in [5, 5.41) is 17.5. The molecule has 19 nitrogen and oxygen atoms in total. The first kappa shape index (κ1) is 89.3. The zero-order valence-electron chi connectivity index (χ0n) is 55.2. The van der Waals surface area contributed by atoms with Crippen molar-refractivity contribution >= 4 is 135 Å². The first-order valence-electron chi connectivity index (χ1n) is 28.1. The maximum atomic E-state index is 13.4. The highest BCUT2D eigenvalue weighted by atomic mass is 35.7. The number of methoxy groups -OCH3 is 3. The highest BCUT2D eigenvalue weighted by Gasteiger charge is 2.69. The Kier molecular flexibility index (Phi) is 32.9. The molecule has 0 bridgehead atoms. The topological polar surface area (TPSA) is 289 Å². The van der Waals surface area contributed by atoms with Crippen molar-refractivity contribution < 1.29 is 98.0 Å². The summed E-state index contributed by atoms with van der Waals surface area (Å²) in [5.41, 5.74) is 2.64. The molecule has 99 heavy (non-hydrogen) atoms. The van der Waals surface area contributed by atoms with E-state index in [1.807, 2.05) is 24.3 Å². The molecule has 6 aromatic carbocycles. The molecule has 0 aliphatic carbocycles. The number of halogens is 10. The molecule has 41 heteroatoms. The van der Waals surface area contributed by atoms with E-state index in [0.717, 1.165) is 29.6 Å². The van der Waals surface area contributed by atoms with Crippen LogP contribution in [0.4, 0.5) is 66.2 Å². The molecule has 0 unspecified atom stereocenters. The molecule has 6 rings (SSSR count). The maximum Gasteiger partial charge on any atom is 0.429 e. The van der Waals surface area contributed by atoms with Gasteiger partial charge in [-0.3, -0.25) is 0 Å². The molecule has 520 valence electrons. The normalized spacial score (nSPS) is 11.7. The van der Waals surface area contributed by atoms with Crippen molar-refractivity contribution in [1.82, 2.24) is 0 Å². The largest absolute Gasteiger partial charge is 0.497 e. The molecule has 0 saturated heterocycles. The van der Waals surface area contributed by atoms with Gasteiger partial charge in [0, 0.05) is 74.2 Å². The van der Waals surface area contributed by atoms with Crippen molar-refractivity contribution in [3.8, 4) is 29.4 Å². The van der Waals surface area contributed by atoms with Gasteiger partial charge < -0.3 is 35.2 Å². The van der Waals surface area contributed by atoms with Gasteiger partial charge in [-0.25, -0.2) is 34.8 Å². The SMILES string of the molecule is COc1ccc(N(C(=O)OC(C)(C)C)S(=O)(=O)c2cccc(C#N)c2)cc1.COc1ccc(N(C(=O)OC(C)(C)C)S(=O)(=O)c2cccc(C(N)(C(F)(F)F)C(F)(F)F)c2)cc1.COc1ccc(N)cc1.C[Si](C)(C)C(F)(F)F.N#Cc1cccc(S(=O)(=O)Cl)c1.[B]B([B])B([B])B([B])[B]. The minimum Gasteiger partial charge on any atom is -0.497 e. The first-order chi connectivity index (χ1) is 45.0. The number of nitriles is 2. The second-order valence-corrected chi connectivity index (χ2v) is 34.4. The Morgan fingerprint density at radius 1 is 0.515 bits per heavy atom. The molecular formula is C58H64B8ClF9N6O13S3Si. The molecule has 0 saturated carbocycles. The second-order valence-electron chi connectivity index (χ2n) is 23.2. The van der Waals surface area contributed by atoms with Crippen molar-refractivity contribution in [2.45, 2.75) is 111 Å². The van der Waals surface area contributed by atoms with E-state index in [1.54, 1.807) is 40.0 Å². The average molecular weight is 1470 g/mol. The van der Waals surface area contributed by atoms with Gasteiger partial charge in [-0.15, -0.1) is 0 Å². The van der Waals surface area contributed by atoms with Crippen LogP contribution >= 0.6 is 10.7 Å². The number of carbonyl (C=O) groups is 2. The fourth-order valence-electron chi connectivity index (χ4n) is 6.63. The fraction of sp³-hybridized carbons (Fsp3) is 0.310. The summed E-state index contributed by atoms with van der Waals surface area (Å²) in [5.74, 6) is -2.30. The average Bonchev–Trinajstić information content (AvgIpc) is 0.744. The lowest BCUT2D eigenvalue weighted by Gasteiger charge is -2.34. The number of amides is 2. The maximum absolute atomic E-state index is 13.4. The van der Waals surface area contributed by atoms with Crippen LogP contribution in [0.1, 0.15) is 58.2 Å². The van der Waals surface area contributed by atoms with Crippen LogP contribution in [0, 0.1) is 22.7 Å². The highest BCUT2D eigenvalue weighted by Crippen LogP contribution is 2.48. The Labute approximate surface area is 584 Å². The van der Waals surface area contributed by atoms with Crippen LogP contribution in [0.2, 0.25) is 19.6 Å². The van der Waals surface area contributed by atoms with Crippen LogP contribution in [0.25, 0.3) is 0 Å². The molecule has 2 amide bonds. The van der Waals surface area contributed by atoms with Gasteiger partial charge in [0.15, 0.2) is 8.07 Å². The number of anilines is 3. The monoisotopic (exact) mass is 1470 g/mol. The Bertz CT molecular complexity index is 4050. The number of nitrogen functional groups attached to an aromatic ring is 1. The minimum absolute atomic E-state index is 0.0526. The molecular weight excluding hydrogens is 1410 g/mol. The van der Waals surface area contributed by atoms with Gasteiger partial charge in [-0.1, -0.05) is 43.9 Å². The Hall–Kier alpha value is -7.75. The minimum atomic E-state index is -6.02. The van der Waals surface area contributed by atoms with E-state index in [9.17, 15) is 74.4 Å². The number of hydrogen-bond acceptors (Lipinski definition) is 17. The standard InChI is InChI=1S/C21H22F6N2O5S.C19H20N2O5S.C7H4ClNO2S.C7H9NO.C4H9F3Si.B8/c1-18(2,3)34-17(30)29(14-8-10-15(33-4)11-9-14)35(31,32)16-7-5-6-13(12-16)19(28,20(22,23)24)21(25,26)27;1-19(2,3)26-18(22)21(15-8-10-16(25-4)11-9-15)27(23,24)17-7-5-6-14(12-17)13-20;8-12(10,11)7-3-1-2-6(4-7)5-9;1-9-7-4-2-6(8)3-5-7;1-8(2,3)4(5,6)7;1-6(2)8(5)7(3)4/h5-12H,28H2,1-4H3;5-12H,1-4H3;1-4H;2-5H,8H2,1H3;1-3H3;. The summed E-state index contributed by atoms with van der Waals surface area (Å²) in [6, 6.07) is 34.6. The summed E-state index contributed by atoms with van der Waals surface area (Å²) in [4.78, 5) is 24.3. The van der Waals surface area contributed by atoms with Crippen LogP contribution in [0.5, 0.6) is 17.2 Å². The molecule has 6 aromatic rings.